The van der Waals surface area contributed by atoms with Crippen molar-refractivity contribution in [3.05, 3.63) is 96.1 Å². The molecule has 1 N–H and O–H groups in total. The summed E-state index contributed by atoms with van der Waals surface area (Å²) in [7, 11) is 0. The third kappa shape index (κ3) is 2.36. The lowest BCUT2D eigenvalue weighted by molar-refractivity contribution is -0.120. The van der Waals surface area contributed by atoms with E-state index in [4.69, 9.17) is 4.99 Å². The number of benzene rings is 3. The van der Waals surface area contributed by atoms with Crippen molar-refractivity contribution in [2.24, 2.45) is 10.1 Å². The summed E-state index contributed by atoms with van der Waals surface area (Å²) < 4.78 is 0. The van der Waals surface area contributed by atoms with Gasteiger partial charge in [0.1, 0.15) is 0 Å². The topological polar surface area (TPSA) is 57.1 Å². The Labute approximate surface area is 163 Å². The minimum atomic E-state index is -1.24. The second-order valence-corrected chi connectivity index (χ2v) is 6.85. The summed E-state index contributed by atoms with van der Waals surface area (Å²) in [6.45, 7) is 1.84. The number of aliphatic imine (C=N–C) groups is 1. The van der Waals surface area contributed by atoms with E-state index in [2.05, 4.69) is 10.4 Å². The molecule has 0 fully saturated rings. The lowest BCUT2D eigenvalue weighted by atomic mass is 9.93. The second-order valence-electron chi connectivity index (χ2n) is 6.85. The third-order valence-corrected chi connectivity index (χ3v) is 5.10. The maximum atomic E-state index is 13.5. The molecular formula is C23H18N4O. The molecule has 5 rings (SSSR count). The van der Waals surface area contributed by atoms with Crippen LogP contribution in [-0.4, -0.2) is 23.0 Å². The van der Waals surface area contributed by atoms with E-state index in [1.165, 1.54) is 5.01 Å². The minimum Gasteiger partial charge on any atom is -0.348 e. The Morgan fingerprint density at radius 3 is 2.25 bits per heavy atom. The number of anilines is 2. The van der Waals surface area contributed by atoms with Crippen LogP contribution in [0.5, 0.6) is 0 Å². The van der Waals surface area contributed by atoms with E-state index >= 15 is 0 Å². The zero-order valence-electron chi connectivity index (χ0n) is 15.3. The fourth-order valence-corrected chi connectivity index (χ4v) is 3.66. The van der Waals surface area contributed by atoms with Crippen molar-refractivity contribution < 1.29 is 4.79 Å². The first kappa shape index (κ1) is 16.4. The number of rotatable bonds is 2. The molecule has 0 bridgehead atoms. The Hall–Kier alpha value is -3.73. The van der Waals surface area contributed by atoms with Gasteiger partial charge in [0.05, 0.1) is 17.1 Å². The number of nitrogens with zero attached hydrogens (tertiary/aromatic N) is 3. The quantitative estimate of drug-likeness (QED) is 0.743. The van der Waals surface area contributed by atoms with Gasteiger partial charge in [-0.2, -0.15) is 10.1 Å². The molecule has 3 aromatic carbocycles. The Morgan fingerprint density at radius 1 is 0.857 bits per heavy atom. The highest BCUT2D eigenvalue weighted by atomic mass is 16.2. The van der Waals surface area contributed by atoms with Crippen molar-refractivity contribution in [1.29, 1.82) is 0 Å². The van der Waals surface area contributed by atoms with Crippen LogP contribution in [0.15, 0.2) is 95.0 Å². The maximum Gasteiger partial charge on any atom is 0.302 e. The molecule has 2 aliphatic heterocycles. The van der Waals surface area contributed by atoms with Gasteiger partial charge in [0, 0.05) is 16.8 Å². The number of para-hydroxylation sites is 2. The van der Waals surface area contributed by atoms with Crippen LogP contribution < -0.4 is 10.3 Å². The Bertz CT molecular complexity index is 1120. The average molecular weight is 366 g/mol. The average Bonchev–Trinajstić information content (AvgIpc) is 2.99. The molecule has 1 unspecified atom stereocenters. The van der Waals surface area contributed by atoms with E-state index in [1.54, 1.807) is 0 Å². The molecular weight excluding hydrogens is 348 g/mol. The number of hydrogen-bond acceptors (Lipinski definition) is 4. The normalized spacial score (nSPS) is 20.5. The van der Waals surface area contributed by atoms with Crippen molar-refractivity contribution in [1.82, 2.24) is 0 Å². The van der Waals surface area contributed by atoms with E-state index in [0.717, 1.165) is 28.2 Å². The van der Waals surface area contributed by atoms with Gasteiger partial charge >= 0.3 is 5.91 Å². The summed E-state index contributed by atoms with van der Waals surface area (Å²) >= 11 is 0. The molecule has 1 spiro atoms. The van der Waals surface area contributed by atoms with Crippen LogP contribution in [0.2, 0.25) is 0 Å². The summed E-state index contributed by atoms with van der Waals surface area (Å²) in [4.78, 5) is 18.5. The predicted octanol–water partition coefficient (Wildman–Crippen LogP) is 4.07. The van der Waals surface area contributed by atoms with Crippen LogP contribution in [0.1, 0.15) is 18.1 Å². The van der Waals surface area contributed by atoms with E-state index in [9.17, 15) is 4.79 Å². The predicted molar refractivity (Wildman–Crippen MR) is 112 cm³/mol. The number of carbonyl (C=O) groups excluding carboxylic acids is 1. The fraction of sp³-hybridized carbons (Fsp3) is 0.0870. The molecule has 0 saturated heterocycles. The van der Waals surface area contributed by atoms with Crippen molar-refractivity contribution in [3.63, 3.8) is 0 Å². The van der Waals surface area contributed by atoms with Gasteiger partial charge in [-0.1, -0.05) is 66.7 Å². The highest BCUT2D eigenvalue weighted by Gasteiger charge is 2.52. The van der Waals surface area contributed by atoms with Crippen LogP contribution >= 0.6 is 0 Å². The number of amides is 1. The lowest BCUT2D eigenvalue weighted by Gasteiger charge is -2.33. The molecule has 2 heterocycles. The van der Waals surface area contributed by atoms with E-state index in [-0.39, 0.29) is 5.91 Å². The molecule has 0 aliphatic carbocycles. The highest BCUT2D eigenvalue weighted by Crippen LogP contribution is 2.36. The molecule has 1 atom stereocenters. The van der Waals surface area contributed by atoms with Gasteiger partial charge in [-0.25, -0.2) is 4.99 Å². The van der Waals surface area contributed by atoms with Crippen LogP contribution in [0.3, 0.4) is 0 Å². The van der Waals surface area contributed by atoms with Crippen molar-refractivity contribution in [3.8, 4) is 0 Å². The fourth-order valence-electron chi connectivity index (χ4n) is 3.66. The summed E-state index contributed by atoms with van der Waals surface area (Å²) in [6, 6.07) is 27.3. The molecule has 5 nitrogen and oxygen atoms in total. The number of hydrogen-bond donors (Lipinski definition) is 1. The molecule has 0 saturated carbocycles. The number of fused-ring (bicyclic) bond motifs is 1. The van der Waals surface area contributed by atoms with E-state index < -0.39 is 5.66 Å². The Kier molecular flexibility index (Phi) is 3.62. The highest BCUT2D eigenvalue weighted by molar-refractivity contribution is 6.29. The van der Waals surface area contributed by atoms with Gasteiger partial charge in [-0.15, -0.1) is 0 Å². The van der Waals surface area contributed by atoms with Gasteiger partial charge < -0.3 is 5.32 Å². The van der Waals surface area contributed by atoms with Gasteiger partial charge in [0.2, 0.25) is 0 Å². The smallest absolute Gasteiger partial charge is 0.302 e. The van der Waals surface area contributed by atoms with E-state index in [1.807, 2.05) is 91.9 Å². The minimum absolute atomic E-state index is 0.209. The van der Waals surface area contributed by atoms with Gasteiger partial charge in [0.15, 0.2) is 0 Å². The standard InChI is InChI=1S/C23H18N4O/c1-16-23(22(28)27(26-16)18-12-6-3-7-13-18)24-20-15-9-8-14-19(20)21(25-23)17-10-4-2-5-11-17/h2-15,24H,1H3. The largest absolute Gasteiger partial charge is 0.348 e. The first-order chi connectivity index (χ1) is 13.7. The summed E-state index contributed by atoms with van der Waals surface area (Å²) in [6.07, 6.45) is 0. The summed E-state index contributed by atoms with van der Waals surface area (Å²) in [5.74, 6) is -0.209. The lowest BCUT2D eigenvalue weighted by Crippen LogP contribution is -2.53. The molecule has 0 radical (unpaired) electrons. The summed E-state index contributed by atoms with van der Waals surface area (Å²) in [5, 5.41) is 9.34. The van der Waals surface area contributed by atoms with Gasteiger partial charge in [-0.05, 0) is 25.1 Å². The molecule has 136 valence electrons. The van der Waals surface area contributed by atoms with Gasteiger partial charge in [0.25, 0.3) is 5.66 Å². The molecule has 28 heavy (non-hydrogen) atoms. The first-order valence-electron chi connectivity index (χ1n) is 9.17. The molecule has 3 aromatic rings. The SMILES string of the molecule is CC1=NN(c2ccccc2)C(=O)C12N=C(c1ccccc1)c1ccccc1N2. The maximum absolute atomic E-state index is 13.5. The number of nitrogens with one attached hydrogen (secondary N) is 1. The Balaban J connectivity index is 1.68. The molecule has 2 aliphatic rings. The summed E-state index contributed by atoms with van der Waals surface area (Å²) in [5.41, 5.74) is 3.69. The van der Waals surface area contributed by atoms with Crippen molar-refractivity contribution >= 4 is 28.7 Å². The van der Waals surface area contributed by atoms with Crippen LogP contribution in [0.25, 0.3) is 0 Å². The van der Waals surface area contributed by atoms with Crippen molar-refractivity contribution in [2.45, 2.75) is 12.6 Å². The molecule has 5 heteroatoms. The van der Waals surface area contributed by atoms with Crippen LogP contribution in [0.4, 0.5) is 11.4 Å². The monoisotopic (exact) mass is 366 g/mol. The zero-order valence-corrected chi connectivity index (χ0v) is 15.3. The third-order valence-electron chi connectivity index (χ3n) is 5.10. The number of carbonyl (C=O) groups is 1. The second kappa shape index (κ2) is 6.16. The number of hydrazone groups is 1. The molecule has 1 amide bonds. The van der Waals surface area contributed by atoms with Crippen LogP contribution in [0, 0.1) is 0 Å². The zero-order chi connectivity index (χ0) is 19.1. The first-order valence-corrected chi connectivity index (χ1v) is 9.17. The van der Waals surface area contributed by atoms with E-state index in [0.29, 0.717) is 5.71 Å². The van der Waals surface area contributed by atoms with Gasteiger partial charge in [-0.3, -0.25) is 4.79 Å². The van der Waals surface area contributed by atoms with Crippen molar-refractivity contribution in [2.75, 3.05) is 10.3 Å². The van der Waals surface area contributed by atoms with Crippen LogP contribution in [-0.2, 0) is 4.79 Å². The molecule has 0 aromatic heterocycles. The Morgan fingerprint density at radius 2 is 1.50 bits per heavy atom.